The monoisotopic (exact) mass is 1110 g/mol. The van der Waals surface area contributed by atoms with Crippen molar-refractivity contribution in [2.75, 3.05) is 52.0 Å². The van der Waals surface area contributed by atoms with Crippen LogP contribution in [0.2, 0.25) is 5.02 Å². The molecule has 2 aromatic heterocycles. The number of anilines is 1. The molecule has 420 valence electrons. The van der Waals surface area contributed by atoms with Crippen molar-refractivity contribution in [1.29, 1.82) is 0 Å². The van der Waals surface area contributed by atoms with Crippen LogP contribution in [-0.4, -0.2) is 151 Å². The Labute approximate surface area is 452 Å². The molecule has 0 spiro atoms. The van der Waals surface area contributed by atoms with Crippen molar-refractivity contribution in [1.82, 2.24) is 41.3 Å². The van der Waals surface area contributed by atoms with Gasteiger partial charge in [-0.3, -0.25) is 24.9 Å². The number of hydrazine groups is 1. The number of ether oxygens (including phenoxy) is 3. The molecule has 2 bridgehead atoms. The molecule has 3 saturated heterocycles. The van der Waals surface area contributed by atoms with E-state index in [-0.39, 0.29) is 17.0 Å². The molecule has 3 aliphatic rings. The van der Waals surface area contributed by atoms with E-state index in [0.717, 1.165) is 64.2 Å². The van der Waals surface area contributed by atoms with Crippen LogP contribution in [-0.2, 0) is 36.8 Å². The van der Waals surface area contributed by atoms with Gasteiger partial charge >= 0.3 is 24.5 Å². The number of fused-ring (bicyclic) bond motifs is 2. The standard InChI is InChI=1S/C54H62ClF6N9O8/c1-51(2,53(56,57)58)45(65-49(74)76-5)47(72)64-42(23-33-13-10-32(11-14-33)12-15-34-16-21-44(63-25-34)68-27-37-19-20-38(28-68)70(37)39-30-78-31-39)43(71)29-69(26-36-18-17-35(24-40(36)55)41-9-7-8-22-62-41)67-48(73)46(66-50(75)77-6)52(3,4)54(59,60)61/h7-11,13-14,16-18,21-22,24-25,37-39,42-43,45-46,71H,19-20,23,26-31H2,1-6H3,(H,64,72)(H,65,74)(H,66,75)(H,67,73)/t37?,38?,42-,43-,45+,46+/m0/s1. The van der Waals surface area contributed by atoms with Gasteiger partial charge in [-0.15, -0.1) is 0 Å². The van der Waals surface area contributed by atoms with Gasteiger partial charge < -0.3 is 40.2 Å². The highest BCUT2D eigenvalue weighted by atomic mass is 35.5. The predicted octanol–water partition coefficient (Wildman–Crippen LogP) is 6.80. The predicted molar refractivity (Wildman–Crippen MR) is 275 cm³/mol. The molecule has 4 amide bonds. The van der Waals surface area contributed by atoms with Gasteiger partial charge in [0.25, 0.3) is 5.91 Å². The number of pyridine rings is 2. The van der Waals surface area contributed by atoms with Gasteiger partial charge in [-0.05, 0) is 101 Å². The molecule has 17 nitrogen and oxygen atoms in total. The van der Waals surface area contributed by atoms with Crippen molar-refractivity contribution < 1.29 is 64.8 Å². The van der Waals surface area contributed by atoms with Gasteiger partial charge in [0, 0.05) is 72.4 Å². The Balaban J connectivity index is 1.16. The number of methoxy groups -OCH3 is 2. The smallest absolute Gasteiger partial charge is 0.407 e. The number of aliphatic hydroxyl groups is 1. The Morgan fingerprint density at radius 2 is 1.37 bits per heavy atom. The molecule has 24 heteroatoms. The topological polar surface area (TPSA) is 200 Å². The number of amides is 4. The van der Waals surface area contributed by atoms with E-state index in [0.29, 0.717) is 73.8 Å². The number of piperazine rings is 1. The molecule has 5 N–H and O–H groups in total. The van der Waals surface area contributed by atoms with Gasteiger partial charge in [-0.2, -0.15) is 26.3 Å². The lowest BCUT2D eigenvalue weighted by Gasteiger charge is -2.47. The molecular weight excluding hydrogens is 1050 g/mol. The number of aliphatic hydroxyl groups excluding tert-OH is 1. The van der Waals surface area contributed by atoms with Crippen molar-refractivity contribution in [3.63, 3.8) is 0 Å². The summed E-state index contributed by atoms with van der Waals surface area (Å²) in [6, 6.07) is 15.4. The Hall–Kier alpha value is -6.71. The summed E-state index contributed by atoms with van der Waals surface area (Å²) >= 11 is 6.75. The number of hydrogen-bond donors (Lipinski definition) is 5. The number of rotatable bonds is 18. The molecule has 0 aliphatic carbocycles. The zero-order chi connectivity index (χ0) is 56.7. The van der Waals surface area contributed by atoms with Gasteiger partial charge in [-0.1, -0.05) is 53.8 Å². The Kier molecular flexibility index (Phi) is 18.5. The molecule has 3 fully saturated rings. The Morgan fingerprint density at radius 3 is 1.88 bits per heavy atom. The van der Waals surface area contributed by atoms with E-state index in [9.17, 15) is 50.6 Å². The summed E-state index contributed by atoms with van der Waals surface area (Å²) in [4.78, 5) is 67.0. The highest BCUT2D eigenvalue weighted by Gasteiger charge is 2.57. The van der Waals surface area contributed by atoms with Crippen LogP contribution in [0.5, 0.6) is 0 Å². The molecule has 6 atom stereocenters. The lowest BCUT2D eigenvalue weighted by atomic mass is 9.82. The Bertz CT molecular complexity index is 2800. The minimum Gasteiger partial charge on any atom is -0.453 e. The Morgan fingerprint density at radius 1 is 0.782 bits per heavy atom. The van der Waals surface area contributed by atoms with Crippen LogP contribution in [0.3, 0.4) is 0 Å². The number of alkyl carbamates (subject to hydrolysis) is 2. The second-order valence-electron chi connectivity index (χ2n) is 20.6. The van der Waals surface area contributed by atoms with E-state index >= 15 is 0 Å². The number of nitrogens with one attached hydrogen (secondary N) is 4. The SMILES string of the molecule is COC(=O)N[C@H](C(=O)N[C@@H](Cc1ccc(C#Cc2ccc(N3CC4CCC(C3)N4C3COC3)nc2)cc1)[C@@H](O)CN(Cc1ccc(-c2ccccn2)cc1Cl)NC(=O)[C@@H](NC(=O)OC)C(C)(C)C(F)(F)F)C(C)(C)C(F)(F)F. The number of halogens is 7. The number of carbonyl (C=O) groups excluding carboxylic acids is 4. The van der Waals surface area contributed by atoms with Crippen molar-refractivity contribution >= 4 is 41.4 Å². The van der Waals surface area contributed by atoms with Crippen LogP contribution in [0.1, 0.15) is 62.8 Å². The quantitative estimate of drug-likeness (QED) is 0.0397. The first-order chi connectivity index (χ1) is 36.8. The molecule has 2 aromatic carbocycles. The summed E-state index contributed by atoms with van der Waals surface area (Å²) in [7, 11) is 1.77. The average Bonchev–Trinajstić information content (AvgIpc) is 3.82. The summed E-state index contributed by atoms with van der Waals surface area (Å²) in [6.45, 7) is 4.85. The summed E-state index contributed by atoms with van der Waals surface area (Å²) in [6.07, 6.45) is -9.54. The normalized spacial score (nSPS) is 18.6. The van der Waals surface area contributed by atoms with Crippen LogP contribution in [0.15, 0.2) is 85.2 Å². The van der Waals surface area contributed by atoms with Crippen LogP contribution in [0, 0.1) is 22.7 Å². The van der Waals surface area contributed by atoms with Crippen LogP contribution < -0.4 is 26.3 Å². The molecule has 2 unspecified atom stereocenters. The molecule has 3 aliphatic heterocycles. The lowest BCUT2D eigenvalue weighted by Crippen LogP contribution is -2.63. The third-order valence-electron chi connectivity index (χ3n) is 14.6. The van der Waals surface area contributed by atoms with Gasteiger partial charge in [0.15, 0.2) is 0 Å². The van der Waals surface area contributed by atoms with Crippen LogP contribution in [0.4, 0.5) is 41.7 Å². The maximum absolute atomic E-state index is 14.6. The maximum atomic E-state index is 14.6. The third-order valence-corrected chi connectivity index (χ3v) is 14.9. The molecule has 78 heavy (non-hydrogen) atoms. The van der Waals surface area contributed by atoms with E-state index in [1.165, 1.54) is 6.07 Å². The van der Waals surface area contributed by atoms with Crippen molar-refractivity contribution in [3.8, 4) is 23.1 Å². The number of carbonyl (C=O) groups is 4. The van der Waals surface area contributed by atoms with Gasteiger partial charge in [0.05, 0.1) is 62.1 Å². The third kappa shape index (κ3) is 13.9. The van der Waals surface area contributed by atoms with E-state index < -0.39 is 84.5 Å². The fourth-order valence-electron chi connectivity index (χ4n) is 9.56. The second kappa shape index (κ2) is 24.5. The molecule has 4 aromatic rings. The number of aromatic nitrogens is 2. The van der Waals surface area contributed by atoms with Crippen LogP contribution >= 0.6 is 11.6 Å². The van der Waals surface area contributed by atoms with Crippen molar-refractivity contribution in [2.45, 2.75) is 108 Å². The molecular formula is C54H62ClF6N9O8. The van der Waals surface area contributed by atoms with E-state index in [2.05, 4.69) is 46.8 Å². The van der Waals surface area contributed by atoms with Gasteiger partial charge in [-0.25, -0.2) is 19.6 Å². The van der Waals surface area contributed by atoms with E-state index in [1.807, 2.05) is 22.8 Å². The van der Waals surface area contributed by atoms with E-state index in [1.54, 1.807) is 67.0 Å². The summed E-state index contributed by atoms with van der Waals surface area (Å²) in [5, 5.41) is 19.6. The first-order valence-corrected chi connectivity index (χ1v) is 25.4. The van der Waals surface area contributed by atoms with E-state index in [4.69, 9.17) is 21.3 Å². The zero-order valence-corrected chi connectivity index (χ0v) is 44.4. The number of hydrogen-bond acceptors (Lipinski definition) is 13. The van der Waals surface area contributed by atoms with Gasteiger partial charge in [0.1, 0.15) is 17.9 Å². The van der Waals surface area contributed by atoms with Crippen molar-refractivity contribution in [3.05, 3.63) is 112 Å². The molecule has 0 radical (unpaired) electrons. The highest BCUT2D eigenvalue weighted by Crippen LogP contribution is 2.42. The van der Waals surface area contributed by atoms with Gasteiger partial charge in [0.2, 0.25) is 5.91 Å². The highest BCUT2D eigenvalue weighted by molar-refractivity contribution is 6.31. The molecule has 0 saturated carbocycles. The lowest BCUT2D eigenvalue weighted by molar-refractivity contribution is -0.221. The number of alkyl halides is 6. The largest absolute Gasteiger partial charge is 0.453 e. The average molecular weight is 1110 g/mol. The second-order valence-corrected chi connectivity index (χ2v) is 21.0. The summed E-state index contributed by atoms with van der Waals surface area (Å²) in [5.74, 6) is 4.23. The maximum Gasteiger partial charge on any atom is 0.407 e. The number of benzene rings is 2. The number of nitrogens with zero attached hydrogens (tertiary/aromatic N) is 5. The van der Waals surface area contributed by atoms with Crippen LogP contribution in [0.25, 0.3) is 11.3 Å². The molecule has 5 heterocycles. The summed E-state index contributed by atoms with van der Waals surface area (Å²) in [5.41, 5.74) is -0.525. The summed E-state index contributed by atoms with van der Waals surface area (Å²) < 4.78 is 102. The first-order valence-electron chi connectivity index (χ1n) is 25.0. The fourth-order valence-corrected chi connectivity index (χ4v) is 9.80. The first kappa shape index (κ1) is 59.0. The minimum atomic E-state index is -5.08. The molecule has 7 rings (SSSR count). The fraction of sp³-hybridized carbons (Fsp3) is 0.481. The zero-order valence-electron chi connectivity index (χ0n) is 43.7. The minimum absolute atomic E-state index is 0.0928. The van der Waals surface area contributed by atoms with Crippen molar-refractivity contribution in [2.24, 2.45) is 10.8 Å².